The minimum absolute atomic E-state index is 0.912. The molecule has 79 valence electrons. The van der Waals surface area contributed by atoms with E-state index in [2.05, 4.69) is 24.3 Å². The molecule has 4 rings (SSSR count). The summed E-state index contributed by atoms with van der Waals surface area (Å²) in [6.07, 6.45) is 0. The maximum atomic E-state index is 5.93. The molecule has 0 N–H and O–H groups in total. The van der Waals surface area contributed by atoms with Crippen molar-refractivity contribution >= 4 is 10.8 Å². The molecule has 0 amide bonds. The summed E-state index contributed by atoms with van der Waals surface area (Å²) < 4.78 is 5.93. The van der Waals surface area contributed by atoms with Gasteiger partial charge in [-0.25, -0.2) is 0 Å². The van der Waals surface area contributed by atoms with Crippen LogP contribution in [-0.4, -0.2) is 0 Å². The van der Waals surface area contributed by atoms with E-state index in [1.54, 1.807) is 0 Å². The zero-order valence-corrected chi connectivity index (χ0v) is 9.10. The van der Waals surface area contributed by atoms with Crippen LogP contribution in [0.2, 0.25) is 0 Å². The first kappa shape index (κ1) is 8.82. The molecule has 0 bridgehead atoms. The summed E-state index contributed by atoms with van der Waals surface area (Å²) in [7, 11) is 0. The molecule has 3 aromatic carbocycles. The van der Waals surface area contributed by atoms with Gasteiger partial charge in [-0.15, -0.1) is 0 Å². The molecule has 0 unspecified atom stereocenters. The van der Waals surface area contributed by atoms with Crippen LogP contribution >= 0.6 is 0 Å². The van der Waals surface area contributed by atoms with Crippen molar-refractivity contribution < 1.29 is 4.74 Å². The van der Waals surface area contributed by atoms with Gasteiger partial charge in [0, 0.05) is 16.5 Å². The smallest absolute Gasteiger partial charge is 0.135 e. The van der Waals surface area contributed by atoms with Crippen molar-refractivity contribution in [2.45, 2.75) is 0 Å². The molecule has 1 heterocycles. The van der Waals surface area contributed by atoms with Crippen LogP contribution in [0, 0.1) is 6.07 Å². The third-order valence-electron chi connectivity index (χ3n) is 3.18. The monoisotopic (exact) mass is 217 g/mol. The summed E-state index contributed by atoms with van der Waals surface area (Å²) >= 11 is 0. The lowest BCUT2D eigenvalue weighted by Crippen LogP contribution is -1.96. The van der Waals surface area contributed by atoms with Gasteiger partial charge in [0.15, 0.2) is 0 Å². The maximum Gasteiger partial charge on any atom is 0.135 e. The van der Waals surface area contributed by atoms with Gasteiger partial charge in [0.2, 0.25) is 0 Å². The van der Waals surface area contributed by atoms with Crippen LogP contribution in [0.15, 0.2) is 54.6 Å². The summed E-state index contributed by atoms with van der Waals surface area (Å²) in [5, 5.41) is 2.36. The summed E-state index contributed by atoms with van der Waals surface area (Å²) in [5.74, 6) is 1.84. The molecule has 1 aliphatic heterocycles. The summed E-state index contributed by atoms with van der Waals surface area (Å²) in [6.45, 7) is 0. The number of benzene rings is 3. The summed E-state index contributed by atoms with van der Waals surface area (Å²) in [5.41, 5.74) is 2.26. The van der Waals surface area contributed by atoms with E-state index in [1.807, 2.05) is 36.4 Å². The van der Waals surface area contributed by atoms with Crippen molar-refractivity contribution in [1.29, 1.82) is 0 Å². The molecule has 1 heteroatoms. The average molecular weight is 217 g/mol. The summed E-state index contributed by atoms with van der Waals surface area (Å²) in [6, 6.07) is 21.6. The van der Waals surface area contributed by atoms with Crippen LogP contribution in [0.3, 0.4) is 0 Å². The minimum Gasteiger partial charge on any atom is -0.456 e. The Balaban J connectivity index is 2.22. The Morgan fingerprint density at radius 1 is 0.824 bits per heavy atom. The molecule has 0 aliphatic carbocycles. The van der Waals surface area contributed by atoms with Crippen LogP contribution in [0.4, 0.5) is 0 Å². The Morgan fingerprint density at radius 3 is 2.71 bits per heavy atom. The Bertz CT molecular complexity index is 723. The van der Waals surface area contributed by atoms with Gasteiger partial charge in [0.05, 0.1) is 0 Å². The molecular weight excluding hydrogens is 208 g/mol. The molecule has 0 saturated carbocycles. The van der Waals surface area contributed by atoms with Crippen LogP contribution in [0.1, 0.15) is 0 Å². The van der Waals surface area contributed by atoms with Crippen LogP contribution < -0.4 is 4.74 Å². The van der Waals surface area contributed by atoms with Gasteiger partial charge in [-0.1, -0.05) is 42.5 Å². The van der Waals surface area contributed by atoms with Crippen molar-refractivity contribution in [3.8, 4) is 22.6 Å². The largest absolute Gasteiger partial charge is 0.456 e. The molecule has 0 aromatic heterocycles. The van der Waals surface area contributed by atoms with E-state index < -0.39 is 0 Å². The molecular formula is C16H9O. The lowest BCUT2D eigenvalue weighted by molar-refractivity contribution is 0.487. The molecule has 1 aliphatic rings. The van der Waals surface area contributed by atoms with Crippen LogP contribution in [0.5, 0.6) is 11.5 Å². The molecule has 0 atom stereocenters. The molecule has 0 saturated heterocycles. The van der Waals surface area contributed by atoms with E-state index in [0.29, 0.717) is 0 Å². The van der Waals surface area contributed by atoms with Crippen LogP contribution in [-0.2, 0) is 0 Å². The fourth-order valence-corrected chi connectivity index (χ4v) is 2.42. The van der Waals surface area contributed by atoms with Crippen molar-refractivity contribution in [2.24, 2.45) is 0 Å². The Kier molecular flexibility index (Phi) is 1.61. The second kappa shape index (κ2) is 3.11. The average Bonchev–Trinajstić information content (AvgIpc) is 2.39. The van der Waals surface area contributed by atoms with E-state index in [9.17, 15) is 0 Å². The topological polar surface area (TPSA) is 9.23 Å². The van der Waals surface area contributed by atoms with Crippen molar-refractivity contribution in [3.05, 3.63) is 60.7 Å². The molecule has 1 radical (unpaired) electrons. The highest BCUT2D eigenvalue weighted by atomic mass is 16.5. The lowest BCUT2D eigenvalue weighted by atomic mass is 9.95. The van der Waals surface area contributed by atoms with Gasteiger partial charge in [-0.05, 0) is 23.6 Å². The second-order valence-corrected chi connectivity index (χ2v) is 4.17. The predicted molar refractivity (Wildman–Crippen MR) is 68.3 cm³/mol. The van der Waals surface area contributed by atoms with E-state index >= 15 is 0 Å². The van der Waals surface area contributed by atoms with Crippen molar-refractivity contribution in [3.63, 3.8) is 0 Å². The minimum atomic E-state index is 0.912. The Morgan fingerprint density at radius 2 is 1.71 bits per heavy atom. The van der Waals surface area contributed by atoms with E-state index in [-0.39, 0.29) is 0 Å². The first-order valence-corrected chi connectivity index (χ1v) is 5.64. The van der Waals surface area contributed by atoms with E-state index in [1.165, 1.54) is 5.39 Å². The normalized spacial score (nSPS) is 12.0. The Labute approximate surface area is 99.3 Å². The number of hydrogen-bond acceptors (Lipinski definition) is 1. The van der Waals surface area contributed by atoms with Gasteiger partial charge >= 0.3 is 0 Å². The quantitative estimate of drug-likeness (QED) is 0.424. The third-order valence-corrected chi connectivity index (χ3v) is 3.18. The molecule has 17 heavy (non-hydrogen) atoms. The highest BCUT2D eigenvalue weighted by molar-refractivity contribution is 6.03. The second-order valence-electron chi connectivity index (χ2n) is 4.17. The van der Waals surface area contributed by atoms with Crippen LogP contribution in [0.25, 0.3) is 21.9 Å². The number of hydrogen-bond donors (Lipinski definition) is 0. The first-order chi connectivity index (χ1) is 8.43. The van der Waals surface area contributed by atoms with Crippen molar-refractivity contribution in [1.82, 2.24) is 0 Å². The third kappa shape index (κ3) is 1.14. The highest BCUT2D eigenvalue weighted by Gasteiger charge is 2.18. The number of rotatable bonds is 0. The fraction of sp³-hybridized carbons (Fsp3) is 0. The predicted octanol–water partition coefficient (Wildman–Crippen LogP) is 4.41. The molecule has 3 aromatic rings. The SMILES string of the molecule is [c]1ccc2cccc3c2c1-c1ccccc1O3. The fourth-order valence-electron chi connectivity index (χ4n) is 2.42. The van der Waals surface area contributed by atoms with Gasteiger partial charge in [0.25, 0.3) is 0 Å². The maximum absolute atomic E-state index is 5.93. The highest BCUT2D eigenvalue weighted by Crippen LogP contribution is 2.45. The zero-order chi connectivity index (χ0) is 11.2. The summed E-state index contributed by atoms with van der Waals surface area (Å²) in [4.78, 5) is 0. The van der Waals surface area contributed by atoms with Gasteiger partial charge in [-0.3, -0.25) is 0 Å². The van der Waals surface area contributed by atoms with Gasteiger partial charge in [0.1, 0.15) is 11.5 Å². The number of ether oxygens (including phenoxy) is 1. The first-order valence-electron chi connectivity index (χ1n) is 5.64. The molecule has 0 spiro atoms. The standard InChI is InChI=1S/C16H9O/c1-2-9-14-12(7-1)13-8-3-5-11-6-4-10-15(17-14)16(11)13/h1-7,9-10H. The van der Waals surface area contributed by atoms with E-state index in [0.717, 1.165) is 28.0 Å². The zero-order valence-electron chi connectivity index (χ0n) is 9.10. The number of para-hydroxylation sites is 1. The lowest BCUT2D eigenvalue weighted by Gasteiger charge is -2.20. The van der Waals surface area contributed by atoms with Gasteiger partial charge in [-0.2, -0.15) is 0 Å². The van der Waals surface area contributed by atoms with Gasteiger partial charge < -0.3 is 4.74 Å². The van der Waals surface area contributed by atoms with Crippen molar-refractivity contribution in [2.75, 3.05) is 0 Å². The molecule has 1 nitrogen and oxygen atoms in total. The van der Waals surface area contributed by atoms with E-state index in [4.69, 9.17) is 4.74 Å². The number of fused-ring (bicyclic) bond motifs is 2. The Hall–Kier alpha value is -2.28. The molecule has 0 fully saturated rings.